The van der Waals surface area contributed by atoms with Crippen LogP contribution in [0.2, 0.25) is 0 Å². The number of benzene rings is 1. The van der Waals surface area contributed by atoms with Crippen LogP contribution in [0.25, 0.3) is 10.9 Å². The molecule has 1 heterocycles. The largest absolute Gasteiger partial charge is 0.395 e. The number of aliphatic hydroxyl groups is 1. The monoisotopic (exact) mass is 204 g/mol. The van der Waals surface area contributed by atoms with Gasteiger partial charge in [0.05, 0.1) is 6.61 Å². The van der Waals surface area contributed by atoms with Gasteiger partial charge >= 0.3 is 0 Å². The second-order valence-electron chi connectivity index (χ2n) is 3.95. The van der Waals surface area contributed by atoms with E-state index in [1.807, 2.05) is 25.1 Å². The molecule has 4 N–H and O–H groups in total. The highest BCUT2D eigenvalue weighted by molar-refractivity contribution is 5.80. The van der Waals surface area contributed by atoms with E-state index in [0.29, 0.717) is 0 Å². The number of hydrogen-bond donors (Lipinski definition) is 3. The molecule has 0 amide bonds. The fraction of sp³-hybridized carbons (Fsp3) is 0.333. The number of para-hydroxylation sites is 1. The SMILES string of the molecule is CC(c1cc2ccccc2[nH]1)[C@H](N)CO. The standard InChI is InChI=1S/C12H16N2O/c1-8(10(13)7-15)12-6-9-4-2-3-5-11(9)14-12/h2-6,8,10,14-15H,7,13H2,1H3/t8?,10-/m1/s1. The molecule has 15 heavy (non-hydrogen) atoms. The van der Waals surface area contributed by atoms with E-state index in [0.717, 1.165) is 11.2 Å². The Morgan fingerprint density at radius 3 is 2.80 bits per heavy atom. The maximum atomic E-state index is 9.00. The first-order valence-corrected chi connectivity index (χ1v) is 5.16. The van der Waals surface area contributed by atoms with Crippen molar-refractivity contribution < 1.29 is 5.11 Å². The quantitative estimate of drug-likeness (QED) is 0.711. The molecule has 0 aliphatic carbocycles. The predicted molar refractivity (Wildman–Crippen MR) is 61.8 cm³/mol. The van der Waals surface area contributed by atoms with Gasteiger partial charge in [0.2, 0.25) is 0 Å². The Morgan fingerprint density at radius 1 is 1.40 bits per heavy atom. The summed E-state index contributed by atoms with van der Waals surface area (Å²) in [7, 11) is 0. The van der Waals surface area contributed by atoms with E-state index in [4.69, 9.17) is 10.8 Å². The summed E-state index contributed by atoms with van der Waals surface area (Å²) < 4.78 is 0. The Labute approximate surface area is 88.9 Å². The zero-order valence-electron chi connectivity index (χ0n) is 8.77. The molecule has 0 spiro atoms. The molecule has 3 heteroatoms. The molecule has 0 aliphatic rings. The van der Waals surface area contributed by atoms with Crippen LogP contribution in [0, 0.1) is 0 Å². The topological polar surface area (TPSA) is 62.0 Å². The Bertz CT molecular complexity index is 417. The van der Waals surface area contributed by atoms with Crippen molar-refractivity contribution in [3.8, 4) is 0 Å². The lowest BCUT2D eigenvalue weighted by atomic mass is 10.00. The van der Waals surface area contributed by atoms with Gasteiger partial charge < -0.3 is 15.8 Å². The minimum Gasteiger partial charge on any atom is -0.395 e. The van der Waals surface area contributed by atoms with Crippen molar-refractivity contribution in [2.24, 2.45) is 5.73 Å². The van der Waals surface area contributed by atoms with E-state index < -0.39 is 0 Å². The first-order valence-electron chi connectivity index (χ1n) is 5.16. The number of rotatable bonds is 3. The first-order chi connectivity index (χ1) is 7.22. The van der Waals surface area contributed by atoms with E-state index in [9.17, 15) is 0 Å². The molecule has 1 unspecified atom stereocenters. The fourth-order valence-electron chi connectivity index (χ4n) is 1.73. The van der Waals surface area contributed by atoms with Crippen molar-refractivity contribution in [2.45, 2.75) is 18.9 Å². The van der Waals surface area contributed by atoms with Crippen LogP contribution in [0.5, 0.6) is 0 Å². The molecule has 0 saturated carbocycles. The summed E-state index contributed by atoms with van der Waals surface area (Å²) in [6, 6.07) is 9.99. The van der Waals surface area contributed by atoms with Crippen LogP contribution >= 0.6 is 0 Å². The van der Waals surface area contributed by atoms with E-state index in [1.54, 1.807) is 0 Å². The Morgan fingerprint density at radius 2 is 2.13 bits per heavy atom. The number of aliphatic hydroxyl groups excluding tert-OH is 1. The molecule has 2 rings (SSSR count). The number of nitrogens with two attached hydrogens (primary N) is 1. The van der Waals surface area contributed by atoms with Crippen molar-refractivity contribution in [1.29, 1.82) is 0 Å². The molecule has 2 atom stereocenters. The average molecular weight is 204 g/mol. The highest BCUT2D eigenvalue weighted by atomic mass is 16.3. The number of H-pyrrole nitrogens is 1. The number of aromatic nitrogens is 1. The Hall–Kier alpha value is -1.32. The summed E-state index contributed by atoms with van der Waals surface area (Å²) in [4.78, 5) is 3.32. The molecule has 3 nitrogen and oxygen atoms in total. The first kappa shape index (κ1) is 10.2. The van der Waals surface area contributed by atoms with Gasteiger partial charge in [-0.25, -0.2) is 0 Å². The molecule has 1 aromatic carbocycles. The van der Waals surface area contributed by atoms with Crippen molar-refractivity contribution in [3.05, 3.63) is 36.0 Å². The molecule has 2 aromatic rings. The normalized spacial score (nSPS) is 15.4. The van der Waals surface area contributed by atoms with Crippen LogP contribution in [-0.4, -0.2) is 22.7 Å². The van der Waals surface area contributed by atoms with Gasteiger partial charge in [0.15, 0.2) is 0 Å². The van der Waals surface area contributed by atoms with E-state index in [1.165, 1.54) is 5.39 Å². The third-order valence-corrected chi connectivity index (χ3v) is 2.89. The van der Waals surface area contributed by atoms with Crippen LogP contribution in [0.1, 0.15) is 18.5 Å². The zero-order chi connectivity index (χ0) is 10.8. The third-order valence-electron chi connectivity index (χ3n) is 2.89. The molecular weight excluding hydrogens is 188 g/mol. The van der Waals surface area contributed by atoms with Gasteiger partial charge in [-0.15, -0.1) is 0 Å². The number of hydrogen-bond acceptors (Lipinski definition) is 2. The summed E-state index contributed by atoms with van der Waals surface area (Å²) in [6.45, 7) is 2.03. The van der Waals surface area contributed by atoms with Gasteiger partial charge in [0.1, 0.15) is 0 Å². The lowest BCUT2D eigenvalue weighted by Crippen LogP contribution is -2.30. The number of fused-ring (bicyclic) bond motifs is 1. The van der Waals surface area contributed by atoms with E-state index >= 15 is 0 Å². The van der Waals surface area contributed by atoms with E-state index in [-0.39, 0.29) is 18.6 Å². The summed E-state index contributed by atoms with van der Waals surface area (Å²) in [5.41, 5.74) is 8.00. The lowest BCUT2D eigenvalue weighted by molar-refractivity contribution is 0.251. The van der Waals surface area contributed by atoms with Gasteiger partial charge in [0.25, 0.3) is 0 Å². The molecule has 0 bridgehead atoms. The number of aromatic amines is 1. The summed E-state index contributed by atoms with van der Waals surface area (Å²) in [5.74, 6) is 0.141. The minimum atomic E-state index is -0.210. The highest BCUT2D eigenvalue weighted by Gasteiger charge is 2.15. The maximum absolute atomic E-state index is 9.00. The van der Waals surface area contributed by atoms with Crippen LogP contribution < -0.4 is 5.73 Å². The molecule has 0 fully saturated rings. The van der Waals surface area contributed by atoms with Crippen molar-refractivity contribution in [2.75, 3.05) is 6.61 Å². The summed E-state index contributed by atoms with van der Waals surface area (Å²) in [6.07, 6.45) is 0. The summed E-state index contributed by atoms with van der Waals surface area (Å²) in [5, 5.41) is 10.2. The second-order valence-corrected chi connectivity index (χ2v) is 3.95. The zero-order valence-corrected chi connectivity index (χ0v) is 8.77. The molecule has 0 aliphatic heterocycles. The smallest absolute Gasteiger partial charge is 0.0588 e. The Balaban J connectivity index is 2.36. The van der Waals surface area contributed by atoms with E-state index in [2.05, 4.69) is 17.1 Å². The number of nitrogens with one attached hydrogen (secondary N) is 1. The van der Waals surface area contributed by atoms with Crippen LogP contribution in [0.4, 0.5) is 0 Å². The Kier molecular flexibility index (Phi) is 2.75. The average Bonchev–Trinajstić information content (AvgIpc) is 2.70. The van der Waals surface area contributed by atoms with Crippen LogP contribution in [0.15, 0.2) is 30.3 Å². The molecule has 1 aromatic heterocycles. The minimum absolute atomic E-state index is 0.0104. The van der Waals surface area contributed by atoms with Gasteiger partial charge in [-0.2, -0.15) is 0 Å². The third kappa shape index (κ3) is 1.89. The molecule has 80 valence electrons. The van der Waals surface area contributed by atoms with Crippen molar-refractivity contribution >= 4 is 10.9 Å². The van der Waals surface area contributed by atoms with Gasteiger partial charge in [-0.05, 0) is 17.5 Å². The molecule has 0 saturated heterocycles. The fourth-order valence-corrected chi connectivity index (χ4v) is 1.73. The van der Waals surface area contributed by atoms with Crippen molar-refractivity contribution in [1.82, 2.24) is 4.98 Å². The lowest BCUT2D eigenvalue weighted by Gasteiger charge is -2.15. The molecular formula is C12H16N2O. The maximum Gasteiger partial charge on any atom is 0.0588 e. The summed E-state index contributed by atoms with van der Waals surface area (Å²) >= 11 is 0. The van der Waals surface area contributed by atoms with Crippen LogP contribution in [0.3, 0.4) is 0 Å². The van der Waals surface area contributed by atoms with Gasteiger partial charge in [-0.1, -0.05) is 25.1 Å². The molecule has 0 radical (unpaired) electrons. The van der Waals surface area contributed by atoms with Gasteiger partial charge in [0, 0.05) is 23.2 Å². The highest BCUT2D eigenvalue weighted by Crippen LogP contribution is 2.22. The second kappa shape index (κ2) is 4.04. The van der Waals surface area contributed by atoms with Crippen LogP contribution in [-0.2, 0) is 0 Å². The predicted octanol–water partition coefficient (Wildman–Crippen LogP) is 1.59. The van der Waals surface area contributed by atoms with Crippen molar-refractivity contribution in [3.63, 3.8) is 0 Å². The van der Waals surface area contributed by atoms with Gasteiger partial charge in [-0.3, -0.25) is 0 Å².